The first-order chi connectivity index (χ1) is 16.5. The van der Waals surface area contributed by atoms with Gasteiger partial charge in [0.05, 0.1) is 30.5 Å². The molecular weight excluding hydrogens is 438 g/mol. The Labute approximate surface area is 197 Å². The molecule has 0 saturated heterocycles. The summed E-state index contributed by atoms with van der Waals surface area (Å²) in [4.78, 5) is 16.6. The van der Waals surface area contributed by atoms with Crippen LogP contribution in [0.15, 0.2) is 16.5 Å². The van der Waals surface area contributed by atoms with Crippen molar-refractivity contribution in [3.63, 3.8) is 0 Å². The number of nitrogens with zero attached hydrogens (tertiary/aromatic N) is 6. The number of esters is 1. The average Bonchev–Trinajstić information content (AvgIpc) is 3.43. The normalized spacial score (nSPS) is 20.2. The van der Waals surface area contributed by atoms with E-state index in [0.717, 1.165) is 31.4 Å². The average molecular weight is 468 g/mol. The molecule has 34 heavy (non-hydrogen) atoms. The maximum Gasteiger partial charge on any atom is 0.321 e. The number of aromatic nitrogens is 6. The van der Waals surface area contributed by atoms with E-state index in [2.05, 4.69) is 25.8 Å². The van der Waals surface area contributed by atoms with Crippen LogP contribution in [0.25, 0.3) is 11.4 Å². The summed E-state index contributed by atoms with van der Waals surface area (Å²) in [6.07, 6.45) is 6.54. The molecule has 0 aliphatic heterocycles. The molecule has 0 radical (unpaired) electrons. The Balaban J connectivity index is 1.30. The van der Waals surface area contributed by atoms with Crippen molar-refractivity contribution in [1.82, 2.24) is 30.2 Å². The highest BCUT2D eigenvalue weighted by Gasteiger charge is 2.29. The zero-order chi connectivity index (χ0) is 23.7. The molecule has 1 N–H and O–H groups in total. The fourth-order valence-electron chi connectivity index (χ4n) is 4.34. The topological polar surface area (TPSA) is 130 Å². The Morgan fingerprint density at radius 1 is 1.21 bits per heavy atom. The Hall–Kier alpha value is -3.50. The Morgan fingerprint density at radius 2 is 2.06 bits per heavy atom. The minimum atomic E-state index is -0.165. The highest BCUT2D eigenvalue weighted by Crippen LogP contribution is 2.34. The van der Waals surface area contributed by atoms with E-state index in [-0.39, 0.29) is 18.0 Å². The van der Waals surface area contributed by atoms with E-state index in [4.69, 9.17) is 18.9 Å². The van der Waals surface area contributed by atoms with Crippen LogP contribution < -0.4 is 10.1 Å². The van der Waals surface area contributed by atoms with E-state index in [9.17, 15) is 4.79 Å². The first kappa shape index (κ1) is 22.3. The maximum absolute atomic E-state index is 11.9. The molecule has 11 heteroatoms. The summed E-state index contributed by atoms with van der Waals surface area (Å²) < 4.78 is 18.5. The summed E-state index contributed by atoms with van der Waals surface area (Å²) in [5.74, 6) is 2.32. The summed E-state index contributed by atoms with van der Waals surface area (Å²) in [6, 6.07) is 4.04. The predicted octanol–water partition coefficient (Wildman–Crippen LogP) is 3.38. The van der Waals surface area contributed by atoms with E-state index >= 15 is 0 Å². The fraction of sp³-hybridized carbons (Fsp3) is 0.565. The van der Waals surface area contributed by atoms with Crippen LogP contribution in [-0.4, -0.2) is 49.4 Å². The molecule has 2 aliphatic rings. The van der Waals surface area contributed by atoms with Crippen LogP contribution in [0, 0.1) is 18.8 Å². The molecule has 11 nitrogen and oxygen atoms in total. The third-order valence-corrected chi connectivity index (χ3v) is 6.41. The van der Waals surface area contributed by atoms with Crippen molar-refractivity contribution in [3.05, 3.63) is 23.7 Å². The van der Waals surface area contributed by atoms with Gasteiger partial charge >= 0.3 is 12.0 Å². The number of rotatable bonds is 8. The lowest BCUT2D eigenvalue weighted by atomic mass is 9.87. The second-order valence-corrected chi connectivity index (χ2v) is 9.09. The molecule has 2 aliphatic carbocycles. The van der Waals surface area contributed by atoms with Gasteiger partial charge in [0.25, 0.3) is 0 Å². The van der Waals surface area contributed by atoms with Crippen molar-refractivity contribution in [1.29, 1.82) is 0 Å². The van der Waals surface area contributed by atoms with Crippen LogP contribution in [0.3, 0.4) is 0 Å². The maximum atomic E-state index is 11.9. The fourth-order valence-corrected chi connectivity index (χ4v) is 4.34. The summed E-state index contributed by atoms with van der Waals surface area (Å²) >= 11 is 0. The predicted molar refractivity (Wildman–Crippen MR) is 121 cm³/mol. The second-order valence-electron chi connectivity index (χ2n) is 9.09. The van der Waals surface area contributed by atoms with Crippen LogP contribution in [0.5, 0.6) is 5.75 Å². The standard InChI is InChI=1S/C23H29N7O4/c1-13-18(33-16-6-4-5-15(12-16)22(31)32-3)10-9-17(24-13)20-21(30(2)29-27-20)25-23-28-26-19(34-23)11-14-7-8-14/h9-10,14-16H,4-8,11-12H2,1-3H3,(H,25,28)/t15-,16-/m0/s1. The minimum Gasteiger partial charge on any atom is -0.489 e. The number of hydrogen-bond donors (Lipinski definition) is 1. The number of carbonyl (C=O) groups is 1. The molecule has 5 rings (SSSR count). The smallest absolute Gasteiger partial charge is 0.321 e. The Bertz CT molecular complexity index is 1170. The molecule has 0 aromatic carbocycles. The second kappa shape index (κ2) is 9.40. The number of aryl methyl sites for hydroxylation is 2. The SMILES string of the molecule is COC(=O)[C@H]1CCC[C@H](Oc2ccc(-c3nnn(C)c3Nc3nnc(CC4CC4)o3)nc2C)C1. The lowest BCUT2D eigenvalue weighted by Gasteiger charge is -2.28. The van der Waals surface area contributed by atoms with Crippen molar-refractivity contribution in [2.45, 2.75) is 58.0 Å². The van der Waals surface area contributed by atoms with Crippen LogP contribution in [0.2, 0.25) is 0 Å². The van der Waals surface area contributed by atoms with Crippen molar-refractivity contribution in [3.8, 4) is 17.1 Å². The van der Waals surface area contributed by atoms with Gasteiger partial charge in [0.1, 0.15) is 5.75 Å². The van der Waals surface area contributed by atoms with Gasteiger partial charge in [-0.1, -0.05) is 10.3 Å². The van der Waals surface area contributed by atoms with E-state index in [1.54, 1.807) is 11.7 Å². The quantitative estimate of drug-likeness (QED) is 0.492. The third-order valence-electron chi connectivity index (χ3n) is 6.41. The van der Waals surface area contributed by atoms with Crippen molar-refractivity contribution in [2.24, 2.45) is 18.9 Å². The van der Waals surface area contributed by atoms with Crippen molar-refractivity contribution < 1.29 is 18.7 Å². The molecular formula is C23H29N7O4. The number of pyridine rings is 1. The third kappa shape index (κ3) is 4.87. The number of methoxy groups -OCH3 is 1. The van der Waals surface area contributed by atoms with Gasteiger partial charge in [-0.05, 0) is 63.5 Å². The van der Waals surface area contributed by atoms with Gasteiger partial charge in [0.15, 0.2) is 11.5 Å². The molecule has 0 amide bonds. The van der Waals surface area contributed by atoms with Crippen LogP contribution in [-0.2, 0) is 23.0 Å². The number of carbonyl (C=O) groups excluding carboxylic acids is 1. The summed E-state index contributed by atoms with van der Waals surface area (Å²) in [6.45, 7) is 1.89. The van der Waals surface area contributed by atoms with Gasteiger partial charge in [0, 0.05) is 13.5 Å². The van der Waals surface area contributed by atoms with Crippen molar-refractivity contribution >= 4 is 17.8 Å². The summed E-state index contributed by atoms with van der Waals surface area (Å²) in [5, 5.41) is 19.8. The van der Waals surface area contributed by atoms with E-state index in [1.165, 1.54) is 20.0 Å². The Morgan fingerprint density at radius 3 is 2.82 bits per heavy atom. The number of nitrogens with one attached hydrogen (secondary N) is 1. The minimum absolute atomic E-state index is 0.0414. The van der Waals surface area contributed by atoms with Crippen LogP contribution >= 0.6 is 0 Å². The van der Waals surface area contributed by atoms with Crippen LogP contribution in [0.4, 0.5) is 11.8 Å². The van der Waals surface area contributed by atoms with Crippen LogP contribution in [0.1, 0.15) is 50.1 Å². The molecule has 3 aromatic rings. The molecule has 2 saturated carbocycles. The van der Waals surface area contributed by atoms with Gasteiger partial charge in [-0.2, -0.15) is 0 Å². The molecule has 3 heterocycles. The molecule has 2 fully saturated rings. The number of anilines is 2. The van der Waals surface area contributed by atoms with E-state index < -0.39 is 0 Å². The highest BCUT2D eigenvalue weighted by molar-refractivity contribution is 5.72. The number of ether oxygens (including phenoxy) is 2. The first-order valence-electron chi connectivity index (χ1n) is 11.7. The molecule has 2 atom stereocenters. The zero-order valence-electron chi connectivity index (χ0n) is 19.7. The van der Waals surface area contributed by atoms with Gasteiger partial charge in [0.2, 0.25) is 5.89 Å². The largest absolute Gasteiger partial charge is 0.489 e. The van der Waals surface area contributed by atoms with E-state index in [1.807, 2.05) is 19.1 Å². The molecule has 180 valence electrons. The monoisotopic (exact) mass is 467 g/mol. The molecule has 0 spiro atoms. The van der Waals surface area contributed by atoms with Gasteiger partial charge in [-0.3, -0.25) is 10.1 Å². The van der Waals surface area contributed by atoms with E-state index in [0.29, 0.717) is 47.2 Å². The van der Waals surface area contributed by atoms with Gasteiger partial charge in [-0.15, -0.1) is 10.2 Å². The lowest BCUT2D eigenvalue weighted by Crippen LogP contribution is -2.30. The lowest BCUT2D eigenvalue weighted by molar-refractivity contribution is -0.147. The highest BCUT2D eigenvalue weighted by atomic mass is 16.5. The first-order valence-corrected chi connectivity index (χ1v) is 11.7. The van der Waals surface area contributed by atoms with Crippen molar-refractivity contribution in [2.75, 3.05) is 12.4 Å². The number of hydrogen-bond acceptors (Lipinski definition) is 10. The zero-order valence-corrected chi connectivity index (χ0v) is 19.7. The Kier molecular flexibility index (Phi) is 6.16. The molecule has 3 aromatic heterocycles. The van der Waals surface area contributed by atoms with Gasteiger partial charge < -0.3 is 13.9 Å². The van der Waals surface area contributed by atoms with Gasteiger partial charge in [-0.25, -0.2) is 9.67 Å². The molecule has 0 unspecified atom stereocenters. The molecule has 0 bridgehead atoms. The summed E-state index contributed by atoms with van der Waals surface area (Å²) in [7, 11) is 3.21. The summed E-state index contributed by atoms with van der Waals surface area (Å²) in [5.41, 5.74) is 1.95.